The molecule has 4 heteroatoms. The Morgan fingerprint density at radius 1 is 1.17 bits per heavy atom. The van der Waals surface area contributed by atoms with Gasteiger partial charge in [0.25, 0.3) is 0 Å². The summed E-state index contributed by atoms with van der Waals surface area (Å²) in [5, 5.41) is 6.57. The van der Waals surface area contributed by atoms with Crippen LogP contribution in [-0.4, -0.2) is 42.0 Å². The summed E-state index contributed by atoms with van der Waals surface area (Å²) in [4.78, 5) is 14.3. The van der Waals surface area contributed by atoms with Crippen LogP contribution in [0.1, 0.15) is 40.2 Å². The molecule has 0 radical (unpaired) electrons. The van der Waals surface area contributed by atoms with Crippen molar-refractivity contribution in [3.63, 3.8) is 0 Å². The Morgan fingerprint density at radius 2 is 1.83 bits per heavy atom. The first kappa shape index (κ1) is 17.8. The van der Waals surface area contributed by atoms with E-state index in [1.807, 2.05) is 26.0 Å². The van der Waals surface area contributed by atoms with Gasteiger partial charge in [0.05, 0.1) is 6.42 Å². The SMILES string of the molecule is CC(C)NC(=O)Cc1ccc(N[C@H]2CN(C(C)C)C[C@H]2C)cc1. The second kappa shape index (κ2) is 7.82. The predicted molar refractivity (Wildman–Crippen MR) is 96.7 cm³/mol. The van der Waals surface area contributed by atoms with Gasteiger partial charge in [-0.2, -0.15) is 0 Å². The van der Waals surface area contributed by atoms with Crippen molar-refractivity contribution in [1.82, 2.24) is 10.2 Å². The lowest BCUT2D eigenvalue weighted by atomic mass is 10.1. The molecule has 1 aromatic rings. The normalized spacial score (nSPS) is 21.9. The van der Waals surface area contributed by atoms with Crippen molar-refractivity contribution >= 4 is 11.6 Å². The van der Waals surface area contributed by atoms with E-state index in [0.29, 0.717) is 24.4 Å². The molecule has 0 aliphatic carbocycles. The summed E-state index contributed by atoms with van der Waals surface area (Å²) in [6.07, 6.45) is 0.444. The average molecular weight is 317 g/mol. The molecule has 1 fully saturated rings. The molecule has 1 saturated heterocycles. The Labute approximate surface area is 140 Å². The zero-order chi connectivity index (χ0) is 17.0. The van der Waals surface area contributed by atoms with Crippen LogP contribution in [0.3, 0.4) is 0 Å². The number of benzene rings is 1. The van der Waals surface area contributed by atoms with Gasteiger partial charge in [-0.1, -0.05) is 19.1 Å². The van der Waals surface area contributed by atoms with Crippen LogP contribution in [0.4, 0.5) is 5.69 Å². The molecule has 4 nitrogen and oxygen atoms in total. The fourth-order valence-electron chi connectivity index (χ4n) is 3.11. The minimum absolute atomic E-state index is 0.0812. The Hall–Kier alpha value is -1.55. The summed E-state index contributed by atoms with van der Waals surface area (Å²) >= 11 is 0. The first-order valence-electron chi connectivity index (χ1n) is 8.74. The fourth-order valence-corrected chi connectivity index (χ4v) is 3.11. The Balaban J connectivity index is 1.89. The third-order valence-corrected chi connectivity index (χ3v) is 4.49. The summed E-state index contributed by atoms with van der Waals surface area (Å²) in [6, 6.07) is 9.55. The van der Waals surface area contributed by atoms with Gasteiger partial charge in [-0.05, 0) is 51.3 Å². The minimum Gasteiger partial charge on any atom is -0.381 e. The lowest BCUT2D eigenvalue weighted by Crippen LogP contribution is -2.31. The Kier molecular flexibility index (Phi) is 6.05. The molecule has 0 unspecified atom stereocenters. The molecule has 1 aliphatic rings. The second-order valence-electron chi connectivity index (χ2n) is 7.37. The van der Waals surface area contributed by atoms with E-state index in [1.54, 1.807) is 0 Å². The highest BCUT2D eigenvalue weighted by atomic mass is 16.1. The van der Waals surface area contributed by atoms with Crippen molar-refractivity contribution < 1.29 is 4.79 Å². The zero-order valence-electron chi connectivity index (χ0n) is 15.1. The number of rotatable bonds is 6. The van der Waals surface area contributed by atoms with Gasteiger partial charge in [-0.15, -0.1) is 0 Å². The van der Waals surface area contributed by atoms with Crippen LogP contribution in [0.15, 0.2) is 24.3 Å². The van der Waals surface area contributed by atoms with E-state index in [9.17, 15) is 4.79 Å². The van der Waals surface area contributed by atoms with Gasteiger partial charge >= 0.3 is 0 Å². The maximum Gasteiger partial charge on any atom is 0.224 e. The van der Waals surface area contributed by atoms with Gasteiger partial charge in [0.2, 0.25) is 5.91 Å². The summed E-state index contributed by atoms with van der Waals surface area (Å²) < 4.78 is 0. The maximum absolute atomic E-state index is 11.8. The van der Waals surface area contributed by atoms with Crippen molar-refractivity contribution in [1.29, 1.82) is 0 Å². The van der Waals surface area contributed by atoms with Crippen LogP contribution in [0.5, 0.6) is 0 Å². The molecule has 0 aromatic heterocycles. The molecule has 0 spiro atoms. The molecule has 1 aliphatic heterocycles. The van der Waals surface area contributed by atoms with Gasteiger partial charge in [0.15, 0.2) is 0 Å². The molecule has 1 amide bonds. The first-order chi connectivity index (χ1) is 10.8. The number of hydrogen-bond donors (Lipinski definition) is 2. The highest BCUT2D eigenvalue weighted by Gasteiger charge is 2.30. The predicted octanol–water partition coefficient (Wildman–Crippen LogP) is 2.89. The van der Waals surface area contributed by atoms with E-state index in [4.69, 9.17) is 0 Å². The van der Waals surface area contributed by atoms with Gasteiger partial charge < -0.3 is 10.6 Å². The molecule has 23 heavy (non-hydrogen) atoms. The monoisotopic (exact) mass is 317 g/mol. The Bertz CT molecular complexity index is 510. The maximum atomic E-state index is 11.8. The van der Waals surface area contributed by atoms with E-state index in [-0.39, 0.29) is 11.9 Å². The summed E-state index contributed by atoms with van der Waals surface area (Å²) in [5.74, 6) is 0.728. The molecule has 0 bridgehead atoms. The van der Waals surface area contributed by atoms with Crippen LogP contribution >= 0.6 is 0 Å². The van der Waals surface area contributed by atoms with Gasteiger partial charge in [-0.25, -0.2) is 0 Å². The number of hydrogen-bond acceptors (Lipinski definition) is 3. The number of carbonyl (C=O) groups excluding carboxylic acids is 1. The third kappa shape index (κ3) is 5.24. The lowest BCUT2D eigenvalue weighted by molar-refractivity contribution is -0.120. The topological polar surface area (TPSA) is 44.4 Å². The first-order valence-corrected chi connectivity index (χ1v) is 8.74. The number of nitrogens with zero attached hydrogens (tertiary/aromatic N) is 1. The minimum atomic E-state index is 0.0812. The highest BCUT2D eigenvalue weighted by Crippen LogP contribution is 2.22. The molecule has 2 rings (SSSR count). The average Bonchev–Trinajstić information content (AvgIpc) is 2.82. The van der Waals surface area contributed by atoms with Crippen LogP contribution in [0.25, 0.3) is 0 Å². The summed E-state index contributed by atoms with van der Waals surface area (Å²) in [6.45, 7) is 13.0. The second-order valence-corrected chi connectivity index (χ2v) is 7.37. The summed E-state index contributed by atoms with van der Waals surface area (Å²) in [5.41, 5.74) is 2.19. The third-order valence-electron chi connectivity index (χ3n) is 4.49. The quantitative estimate of drug-likeness (QED) is 0.848. The lowest BCUT2D eigenvalue weighted by Gasteiger charge is -2.21. The molecule has 0 saturated carbocycles. The van der Waals surface area contributed by atoms with Gasteiger partial charge in [0.1, 0.15) is 0 Å². The standard InChI is InChI=1S/C19H31N3O/c1-13(2)20-19(23)10-16-6-8-17(9-7-16)21-18-12-22(14(3)4)11-15(18)5/h6-9,13-15,18,21H,10-12H2,1-5H3,(H,20,23)/t15-,18+/m1/s1. The van der Waals surface area contributed by atoms with E-state index < -0.39 is 0 Å². The number of carbonyl (C=O) groups is 1. The molecule has 1 aromatic carbocycles. The molecule has 128 valence electrons. The molecule has 1 heterocycles. The van der Waals surface area contributed by atoms with Gasteiger partial charge in [0, 0.05) is 36.9 Å². The van der Waals surface area contributed by atoms with E-state index in [0.717, 1.165) is 24.3 Å². The van der Waals surface area contributed by atoms with Crippen LogP contribution in [-0.2, 0) is 11.2 Å². The van der Waals surface area contributed by atoms with E-state index >= 15 is 0 Å². The highest BCUT2D eigenvalue weighted by molar-refractivity contribution is 5.78. The van der Waals surface area contributed by atoms with Crippen LogP contribution < -0.4 is 10.6 Å². The van der Waals surface area contributed by atoms with Crippen molar-refractivity contribution in [3.05, 3.63) is 29.8 Å². The summed E-state index contributed by atoms with van der Waals surface area (Å²) in [7, 11) is 0. The number of anilines is 1. The smallest absolute Gasteiger partial charge is 0.224 e. The fraction of sp³-hybridized carbons (Fsp3) is 0.632. The largest absolute Gasteiger partial charge is 0.381 e. The molecule has 2 N–H and O–H groups in total. The molecule has 2 atom stereocenters. The van der Waals surface area contributed by atoms with Crippen molar-refractivity contribution in [2.24, 2.45) is 5.92 Å². The Morgan fingerprint density at radius 3 is 2.35 bits per heavy atom. The molecular weight excluding hydrogens is 286 g/mol. The van der Waals surface area contributed by atoms with Crippen LogP contribution in [0.2, 0.25) is 0 Å². The van der Waals surface area contributed by atoms with Crippen molar-refractivity contribution in [2.45, 2.75) is 59.2 Å². The van der Waals surface area contributed by atoms with E-state index in [2.05, 4.69) is 48.4 Å². The molecular formula is C19H31N3O. The zero-order valence-corrected chi connectivity index (χ0v) is 15.1. The number of amides is 1. The number of likely N-dealkylation sites (tertiary alicyclic amines) is 1. The number of nitrogens with one attached hydrogen (secondary N) is 2. The van der Waals surface area contributed by atoms with Crippen molar-refractivity contribution in [2.75, 3.05) is 18.4 Å². The van der Waals surface area contributed by atoms with Crippen LogP contribution in [0, 0.1) is 5.92 Å². The van der Waals surface area contributed by atoms with Gasteiger partial charge in [-0.3, -0.25) is 9.69 Å². The van der Waals surface area contributed by atoms with Crippen molar-refractivity contribution in [3.8, 4) is 0 Å². The van der Waals surface area contributed by atoms with E-state index in [1.165, 1.54) is 0 Å².